The van der Waals surface area contributed by atoms with Gasteiger partial charge in [0.05, 0.1) is 24.0 Å². The number of rotatable bonds is 8. The Morgan fingerprint density at radius 2 is 1.17 bits per heavy atom. The third-order valence-corrected chi connectivity index (χ3v) is 7.87. The van der Waals surface area contributed by atoms with E-state index < -0.39 is 5.54 Å². The number of allylic oxidation sites excluding steroid dienone is 1. The summed E-state index contributed by atoms with van der Waals surface area (Å²) in [5, 5.41) is 2.43. The summed E-state index contributed by atoms with van der Waals surface area (Å²) < 4.78 is 4.34. The van der Waals surface area contributed by atoms with Crippen LogP contribution < -0.4 is 0 Å². The second-order valence-corrected chi connectivity index (χ2v) is 10.4. The monoisotopic (exact) mass is 542 g/mol. The van der Waals surface area contributed by atoms with Crippen LogP contribution in [0.15, 0.2) is 165 Å². The minimum Gasteiger partial charge on any atom is -0.333 e. The third kappa shape index (κ3) is 4.63. The number of hydrogen-bond donors (Lipinski definition) is 0. The van der Waals surface area contributed by atoms with Crippen LogP contribution in [-0.4, -0.2) is 19.1 Å². The summed E-state index contributed by atoms with van der Waals surface area (Å²) in [6.07, 6.45) is 12.3. The van der Waals surface area contributed by atoms with Crippen molar-refractivity contribution in [2.45, 2.75) is 12.1 Å². The van der Waals surface area contributed by atoms with E-state index in [2.05, 4.69) is 167 Å². The lowest BCUT2D eigenvalue weighted by molar-refractivity contribution is 0.514. The molecule has 0 radical (unpaired) electrons. The van der Waals surface area contributed by atoms with E-state index in [1.165, 1.54) is 27.5 Å². The molecule has 0 atom stereocenters. The average molecular weight is 543 g/mol. The van der Waals surface area contributed by atoms with Crippen molar-refractivity contribution in [1.82, 2.24) is 19.1 Å². The van der Waals surface area contributed by atoms with E-state index in [0.717, 1.165) is 17.0 Å². The van der Waals surface area contributed by atoms with Gasteiger partial charge in [-0.05, 0) is 33.5 Å². The van der Waals surface area contributed by atoms with E-state index in [1.807, 2.05) is 12.7 Å². The van der Waals surface area contributed by atoms with Crippen LogP contribution in [0.25, 0.3) is 28.1 Å². The molecule has 0 spiro atoms. The molecule has 2 heterocycles. The fourth-order valence-electron chi connectivity index (χ4n) is 5.94. The number of nitrogens with zero attached hydrogens (tertiary/aromatic N) is 4. The normalized spacial score (nSPS) is 11.8. The van der Waals surface area contributed by atoms with Gasteiger partial charge in [-0.2, -0.15) is 0 Å². The standard InChI is InChI=1S/C38H30N4/c1-4-16-31(17-5-1)38(32-18-6-2-7-19-32,33-20-8-3-9-21-33)42-26-34(39-29-42)22-13-25-41-27-37(40-28-41)36-24-12-15-30-14-10-11-23-35(30)36/h1-24,26-29H,25H2. The minimum absolute atomic E-state index is 0.569. The van der Waals surface area contributed by atoms with Gasteiger partial charge in [0.2, 0.25) is 0 Å². The molecule has 4 heteroatoms. The van der Waals surface area contributed by atoms with Crippen molar-refractivity contribution in [2.75, 3.05) is 0 Å². The lowest BCUT2D eigenvalue weighted by Crippen LogP contribution is -2.36. The van der Waals surface area contributed by atoms with Crippen LogP contribution in [0, 0.1) is 0 Å². The molecule has 0 aliphatic rings. The van der Waals surface area contributed by atoms with Gasteiger partial charge < -0.3 is 9.13 Å². The molecule has 0 N–H and O–H groups in total. The molecule has 0 saturated carbocycles. The Kier molecular flexibility index (Phi) is 6.79. The van der Waals surface area contributed by atoms with E-state index in [9.17, 15) is 0 Å². The summed E-state index contributed by atoms with van der Waals surface area (Å²) in [7, 11) is 0. The zero-order valence-corrected chi connectivity index (χ0v) is 23.2. The van der Waals surface area contributed by atoms with Gasteiger partial charge in [-0.25, -0.2) is 9.97 Å². The van der Waals surface area contributed by atoms with Crippen LogP contribution >= 0.6 is 0 Å². The first-order chi connectivity index (χ1) is 20.8. The second-order valence-electron chi connectivity index (χ2n) is 10.4. The molecule has 202 valence electrons. The Morgan fingerprint density at radius 3 is 1.83 bits per heavy atom. The van der Waals surface area contributed by atoms with Gasteiger partial charge in [-0.3, -0.25) is 0 Å². The van der Waals surface area contributed by atoms with Crippen molar-refractivity contribution in [3.05, 3.63) is 187 Å². The number of fused-ring (bicyclic) bond motifs is 1. The maximum atomic E-state index is 4.83. The van der Waals surface area contributed by atoms with E-state index in [0.29, 0.717) is 6.54 Å². The van der Waals surface area contributed by atoms with Gasteiger partial charge in [-0.15, -0.1) is 0 Å². The molecule has 7 aromatic rings. The van der Waals surface area contributed by atoms with Crippen LogP contribution in [0.2, 0.25) is 0 Å². The predicted octanol–water partition coefficient (Wildman–Crippen LogP) is 8.45. The van der Waals surface area contributed by atoms with Gasteiger partial charge in [0.15, 0.2) is 0 Å². The Balaban J connectivity index is 1.21. The van der Waals surface area contributed by atoms with Crippen LogP contribution in [0.4, 0.5) is 0 Å². The first-order valence-corrected chi connectivity index (χ1v) is 14.2. The first kappa shape index (κ1) is 25.5. The molecule has 0 aliphatic carbocycles. The van der Waals surface area contributed by atoms with Crippen LogP contribution in [0.5, 0.6) is 0 Å². The summed E-state index contributed by atoms with van der Waals surface area (Å²) >= 11 is 0. The zero-order chi connectivity index (χ0) is 28.2. The van der Waals surface area contributed by atoms with Gasteiger partial charge >= 0.3 is 0 Å². The lowest BCUT2D eigenvalue weighted by Gasteiger charge is -2.37. The van der Waals surface area contributed by atoms with Crippen molar-refractivity contribution in [2.24, 2.45) is 0 Å². The molecule has 0 unspecified atom stereocenters. The Bertz CT molecular complexity index is 1850. The molecular formula is C38H30N4. The predicted molar refractivity (Wildman–Crippen MR) is 171 cm³/mol. The molecule has 2 aromatic heterocycles. The molecule has 5 aromatic carbocycles. The van der Waals surface area contributed by atoms with Gasteiger partial charge in [0.1, 0.15) is 5.54 Å². The van der Waals surface area contributed by atoms with Crippen molar-refractivity contribution < 1.29 is 0 Å². The number of benzene rings is 5. The van der Waals surface area contributed by atoms with Crippen LogP contribution in [-0.2, 0) is 12.1 Å². The van der Waals surface area contributed by atoms with Crippen molar-refractivity contribution in [1.29, 1.82) is 0 Å². The van der Waals surface area contributed by atoms with E-state index in [4.69, 9.17) is 9.97 Å². The van der Waals surface area contributed by atoms with Crippen molar-refractivity contribution in [3.63, 3.8) is 0 Å². The van der Waals surface area contributed by atoms with E-state index >= 15 is 0 Å². The first-order valence-electron chi connectivity index (χ1n) is 14.2. The minimum atomic E-state index is -0.569. The number of imidazole rings is 2. The Hall–Kier alpha value is -5.48. The molecule has 4 nitrogen and oxygen atoms in total. The fourth-order valence-corrected chi connectivity index (χ4v) is 5.94. The SMILES string of the molecule is C(=Cc1cn(C(c2ccccc2)(c2ccccc2)c2ccccc2)cn1)Cn1cnc(-c2cccc3ccccc23)c1. The number of aromatic nitrogens is 4. The lowest BCUT2D eigenvalue weighted by atomic mass is 9.77. The van der Waals surface area contributed by atoms with E-state index in [1.54, 1.807) is 0 Å². The Morgan fingerprint density at radius 1 is 0.571 bits per heavy atom. The maximum absolute atomic E-state index is 4.83. The van der Waals surface area contributed by atoms with Crippen molar-refractivity contribution in [3.8, 4) is 11.3 Å². The molecule has 0 saturated heterocycles. The zero-order valence-electron chi connectivity index (χ0n) is 23.2. The molecule has 0 aliphatic heterocycles. The fraction of sp³-hybridized carbons (Fsp3) is 0.0526. The van der Waals surface area contributed by atoms with Crippen LogP contribution in [0.1, 0.15) is 22.4 Å². The summed E-state index contributed by atoms with van der Waals surface area (Å²) in [5.74, 6) is 0. The second kappa shape index (κ2) is 11.2. The summed E-state index contributed by atoms with van der Waals surface area (Å²) in [6.45, 7) is 0.700. The highest BCUT2D eigenvalue weighted by Gasteiger charge is 2.38. The highest BCUT2D eigenvalue weighted by molar-refractivity contribution is 5.95. The molecule has 7 rings (SSSR count). The summed E-state index contributed by atoms with van der Waals surface area (Å²) in [4.78, 5) is 9.54. The highest BCUT2D eigenvalue weighted by Crippen LogP contribution is 2.40. The van der Waals surface area contributed by atoms with Gasteiger partial charge in [0, 0.05) is 24.5 Å². The molecule has 0 fully saturated rings. The van der Waals surface area contributed by atoms with Gasteiger partial charge in [0.25, 0.3) is 0 Å². The highest BCUT2D eigenvalue weighted by atomic mass is 15.1. The largest absolute Gasteiger partial charge is 0.333 e. The van der Waals surface area contributed by atoms with Gasteiger partial charge in [-0.1, -0.05) is 140 Å². The molecule has 42 heavy (non-hydrogen) atoms. The maximum Gasteiger partial charge on any atom is 0.121 e. The van der Waals surface area contributed by atoms with E-state index in [-0.39, 0.29) is 0 Å². The van der Waals surface area contributed by atoms with Crippen LogP contribution in [0.3, 0.4) is 0 Å². The molecule has 0 amide bonds. The number of hydrogen-bond acceptors (Lipinski definition) is 2. The summed E-state index contributed by atoms with van der Waals surface area (Å²) in [5.41, 5.74) is 5.98. The quantitative estimate of drug-likeness (QED) is 0.181. The average Bonchev–Trinajstić information content (AvgIpc) is 3.73. The summed E-state index contributed by atoms with van der Waals surface area (Å²) in [6, 6.07) is 46.8. The topological polar surface area (TPSA) is 35.6 Å². The van der Waals surface area contributed by atoms with Crippen molar-refractivity contribution >= 4 is 16.8 Å². The third-order valence-electron chi connectivity index (χ3n) is 7.87. The molecular weight excluding hydrogens is 512 g/mol. The molecule has 0 bridgehead atoms. The Labute approximate surface area is 245 Å². The smallest absolute Gasteiger partial charge is 0.121 e.